The van der Waals surface area contributed by atoms with Crippen molar-refractivity contribution in [2.45, 2.75) is 45.7 Å². The van der Waals surface area contributed by atoms with Crippen molar-refractivity contribution in [1.29, 1.82) is 0 Å². The molecule has 0 heterocycles. The van der Waals surface area contributed by atoms with Crippen LogP contribution in [0.15, 0.2) is 12.3 Å². The van der Waals surface area contributed by atoms with Gasteiger partial charge in [-0.2, -0.15) is 0 Å². The third-order valence-corrected chi connectivity index (χ3v) is 6.30. The highest BCUT2D eigenvalue weighted by atomic mass is 28.4. The van der Waals surface area contributed by atoms with Crippen LogP contribution in [0.4, 0.5) is 0 Å². The fourth-order valence-corrected chi connectivity index (χ4v) is 4.15. The molecule has 12 heavy (non-hydrogen) atoms. The molecule has 1 nitrogen and oxygen atoms in total. The van der Waals surface area contributed by atoms with Gasteiger partial charge in [0.1, 0.15) is 0 Å². The Labute approximate surface area is 78.0 Å². The maximum absolute atomic E-state index is 5.94. The van der Waals surface area contributed by atoms with Gasteiger partial charge in [0.2, 0.25) is 8.32 Å². The first-order valence-electron chi connectivity index (χ1n) is 5.02. The summed E-state index contributed by atoms with van der Waals surface area (Å²) >= 11 is 0. The zero-order chi connectivity index (χ0) is 9.45. The maximum atomic E-state index is 5.94. The van der Waals surface area contributed by atoms with E-state index >= 15 is 0 Å². The highest BCUT2D eigenvalue weighted by Gasteiger charge is 2.27. The molecular formula is C10H22OSi. The molecule has 0 aliphatic rings. The lowest BCUT2D eigenvalue weighted by atomic mass is 10.5. The van der Waals surface area contributed by atoms with Gasteiger partial charge in [-0.25, -0.2) is 0 Å². The summed E-state index contributed by atoms with van der Waals surface area (Å²) in [5, 5.41) is 0. The van der Waals surface area contributed by atoms with Crippen LogP contribution < -0.4 is 0 Å². The molecule has 0 fully saturated rings. The molecular weight excluding hydrogens is 164 g/mol. The Morgan fingerprint density at radius 2 is 1.92 bits per heavy atom. The molecule has 0 aliphatic carbocycles. The van der Waals surface area contributed by atoms with Crippen molar-refractivity contribution in [3.8, 4) is 0 Å². The third kappa shape index (κ3) is 3.54. The molecule has 1 unspecified atom stereocenters. The highest BCUT2D eigenvalue weighted by molar-refractivity contribution is 6.78. The van der Waals surface area contributed by atoms with Crippen molar-refractivity contribution in [3.63, 3.8) is 0 Å². The Morgan fingerprint density at radius 3 is 2.25 bits per heavy atom. The van der Waals surface area contributed by atoms with E-state index in [1.807, 2.05) is 0 Å². The summed E-state index contributed by atoms with van der Waals surface area (Å²) in [4.78, 5) is 0. The fourth-order valence-electron chi connectivity index (χ4n) is 1.38. The van der Waals surface area contributed by atoms with E-state index in [0.29, 0.717) is 0 Å². The largest absolute Gasteiger partial charge is 0.413 e. The van der Waals surface area contributed by atoms with Crippen LogP contribution in [0, 0.1) is 0 Å². The lowest BCUT2D eigenvalue weighted by Gasteiger charge is -2.26. The molecule has 0 N–H and O–H groups in total. The summed E-state index contributed by atoms with van der Waals surface area (Å²) in [6, 6.07) is 2.40. The minimum Gasteiger partial charge on any atom is -0.413 e. The number of hydrogen-bond acceptors (Lipinski definition) is 1. The molecule has 0 bridgehead atoms. The smallest absolute Gasteiger partial charge is 0.216 e. The second kappa shape index (κ2) is 6.43. The summed E-state index contributed by atoms with van der Waals surface area (Å²) in [5.74, 6) is 0. The quantitative estimate of drug-likeness (QED) is 0.553. The predicted molar refractivity (Wildman–Crippen MR) is 57.8 cm³/mol. The maximum Gasteiger partial charge on any atom is 0.216 e. The Hall–Kier alpha value is -0.0831. The first-order valence-corrected chi connectivity index (χ1v) is 7.42. The van der Waals surface area contributed by atoms with Gasteiger partial charge < -0.3 is 4.43 Å². The Bertz CT molecular complexity index is 125. The summed E-state index contributed by atoms with van der Waals surface area (Å²) < 4.78 is 5.94. The van der Waals surface area contributed by atoms with Crippen molar-refractivity contribution in [2.24, 2.45) is 0 Å². The van der Waals surface area contributed by atoms with Gasteiger partial charge in [0, 0.05) is 6.61 Å². The van der Waals surface area contributed by atoms with Crippen LogP contribution in [0.2, 0.25) is 12.1 Å². The fraction of sp³-hybridized carbons (Fsp3) is 0.800. The molecule has 0 spiro atoms. The molecule has 72 valence electrons. The van der Waals surface area contributed by atoms with E-state index in [1.165, 1.54) is 18.5 Å². The van der Waals surface area contributed by atoms with E-state index in [2.05, 4.69) is 33.0 Å². The van der Waals surface area contributed by atoms with Crippen LogP contribution in [0.5, 0.6) is 0 Å². The molecule has 2 heteroatoms. The topological polar surface area (TPSA) is 9.23 Å². The van der Waals surface area contributed by atoms with Gasteiger partial charge in [0.25, 0.3) is 0 Å². The Morgan fingerprint density at radius 1 is 1.25 bits per heavy atom. The highest BCUT2D eigenvalue weighted by Crippen LogP contribution is 2.20. The van der Waals surface area contributed by atoms with Gasteiger partial charge in [0.15, 0.2) is 0 Å². The van der Waals surface area contributed by atoms with Gasteiger partial charge >= 0.3 is 0 Å². The van der Waals surface area contributed by atoms with Crippen molar-refractivity contribution in [1.82, 2.24) is 0 Å². The van der Waals surface area contributed by atoms with Gasteiger partial charge in [-0.15, -0.1) is 6.58 Å². The molecule has 0 aromatic carbocycles. The summed E-state index contributed by atoms with van der Waals surface area (Å²) in [5.41, 5.74) is 2.10. The van der Waals surface area contributed by atoms with E-state index in [9.17, 15) is 0 Å². The third-order valence-electron chi connectivity index (χ3n) is 2.24. The summed E-state index contributed by atoms with van der Waals surface area (Å²) in [6.45, 7) is 11.4. The van der Waals surface area contributed by atoms with Gasteiger partial charge in [-0.05, 0) is 18.5 Å². The van der Waals surface area contributed by atoms with Crippen molar-refractivity contribution >= 4 is 8.32 Å². The van der Waals surface area contributed by atoms with Crippen LogP contribution in [0.1, 0.15) is 33.6 Å². The lowest BCUT2D eigenvalue weighted by molar-refractivity contribution is 0.306. The zero-order valence-electron chi connectivity index (χ0n) is 8.73. The molecule has 0 saturated carbocycles. The molecule has 0 rings (SSSR count). The lowest BCUT2D eigenvalue weighted by Crippen LogP contribution is -2.35. The molecule has 0 aromatic rings. The summed E-state index contributed by atoms with van der Waals surface area (Å²) in [7, 11) is -1.50. The monoisotopic (exact) mass is 186 g/mol. The Balaban J connectivity index is 4.04. The average Bonchev–Trinajstić information content (AvgIpc) is 2.13. The zero-order valence-corrected chi connectivity index (χ0v) is 9.73. The average molecular weight is 186 g/mol. The molecule has 0 aliphatic heterocycles. The van der Waals surface area contributed by atoms with E-state index in [4.69, 9.17) is 4.43 Å². The second-order valence-corrected chi connectivity index (χ2v) is 7.25. The molecule has 1 atom stereocenters. The Kier molecular flexibility index (Phi) is 6.39. The number of rotatable bonds is 7. The van der Waals surface area contributed by atoms with Crippen LogP contribution in [-0.4, -0.2) is 14.9 Å². The first kappa shape index (κ1) is 11.9. The van der Waals surface area contributed by atoms with Crippen molar-refractivity contribution < 1.29 is 4.43 Å². The molecule has 0 radical (unpaired) electrons. The van der Waals surface area contributed by atoms with Crippen molar-refractivity contribution in [3.05, 3.63) is 12.3 Å². The molecule has 0 amide bonds. The minimum atomic E-state index is -1.50. The van der Waals surface area contributed by atoms with Crippen LogP contribution in [0.3, 0.4) is 0 Å². The van der Waals surface area contributed by atoms with Gasteiger partial charge in [0.05, 0.1) is 0 Å². The second-order valence-electron chi connectivity index (χ2n) is 3.22. The predicted octanol–water partition coefficient (Wildman–Crippen LogP) is 3.51. The SMILES string of the molecule is C=C[Si](CC)(CCC)OCCC. The first-order chi connectivity index (χ1) is 5.74. The molecule has 0 saturated heterocycles. The normalized spacial score (nSPS) is 15.6. The number of hydrogen-bond donors (Lipinski definition) is 0. The van der Waals surface area contributed by atoms with Crippen LogP contribution >= 0.6 is 0 Å². The standard InChI is InChI=1S/C10H22OSi/c1-5-9-11-12(7-3,8-4)10-6-2/h7H,3,5-6,8-10H2,1-2,4H3. The van der Waals surface area contributed by atoms with Gasteiger partial charge in [-0.1, -0.05) is 32.9 Å². The van der Waals surface area contributed by atoms with E-state index in [0.717, 1.165) is 13.0 Å². The van der Waals surface area contributed by atoms with Crippen LogP contribution in [0.25, 0.3) is 0 Å². The minimum absolute atomic E-state index is 0.909. The summed E-state index contributed by atoms with van der Waals surface area (Å²) in [6.07, 6.45) is 2.34. The van der Waals surface area contributed by atoms with Crippen molar-refractivity contribution in [2.75, 3.05) is 6.61 Å². The van der Waals surface area contributed by atoms with E-state index in [1.54, 1.807) is 0 Å². The van der Waals surface area contributed by atoms with Gasteiger partial charge in [-0.3, -0.25) is 0 Å². The van der Waals surface area contributed by atoms with E-state index in [-0.39, 0.29) is 0 Å². The van der Waals surface area contributed by atoms with E-state index < -0.39 is 8.32 Å². The van der Waals surface area contributed by atoms with Crippen LogP contribution in [-0.2, 0) is 4.43 Å². The molecule has 0 aromatic heterocycles.